The molecule has 1 aromatic rings. The number of hydrogen-bond acceptors (Lipinski definition) is 4. The summed E-state index contributed by atoms with van der Waals surface area (Å²) < 4.78 is 0. The van der Waals surface area contributed by atoms with Gasteiger partial charge in [-0.05, 0) is 41.9 Å². The van der Waals surface area contributed by atoms with E-state index in [2.05, 4.69) is 24.3 Å². The topological polar surface area (TPSA) is 78.8 Å². The SMILES string of the molecule is CC(C)c1ccc(NC(=O)C23CCC(C)(/C(=N/O)C2=O)C3(C)C)cc1. The van der Waals surface area contributed by atoms with Crippen LogP contribution < -0.4 is 5.32 Å². The highest BCUT2D eigenvalue weighted by atomic mass is 16.4. The first-order valence-corrected chi connectivity index (χ1v) is 8.80. The van der Waals surface area contributed by atoms with Crippen LogP contribution in [0.4, 0.5) is 5.69 Å². The van der Waals surface area contributed by atoms with Crippen molar-refractivity contribution < 1.29 is 14.8 Å². The molecule has 2 aliphatic rings. The summed E-state index contributed by atoms with van der Waals surface area (Å²) in [6.07, 6.45) is 1.13. The van der Waals surface area contributed by atoms with E-state index in [0.717, 1.165) is 0 Å². The second kappa shape index (κ2) is 5.41. The van der Waals surface area contributed by atoms with Crippen molar-refractivity contribution in [2.75, 3.05) is 5.32 Å². The highest BCUT2D eigenvalue weighted by molar-refractivity contribution is 6.51. The Morgan fingerprint density at radius 1 is 1.16 bits per heavy atom. The first-order valence-electron chi connectivity index (χ1n) is 8.80. The highest BCUT2D eigenvalue weighted by Gasteiger charge is 2.76. The molecule has 5 nitrogen and oxygen atoms in total. The Labute approximate surface area is 148 Å². The van der Waals surface area contributed by atoms with E-state index in [-0.39, 0.29) is 17.4 Å². The third kappa shape index (κ3) is 2.04. The van der Waals surface area contributed by atoms with Crippen molar-refractivity contribution in [2.45, 2.75) is 53.4 Å². The molecule has 0 radical (unpaired) electrons. The number of carbonyl (C=O) groups is 2. The van der Waals surface area contributed by atoms with Gasteiger partial charge in [-0.3, -0.25) is 9.59 Å². The zero-order valence-electron chi connectivity index (χ0n) is 15.5. The van der Waals surface area contributed by atoms with E-state index in [0.29, 0.717) is 24.4 Å². The number of anilines is 1. The number of amides is 1. The predicted molar refractivity (Wildman–Crippen MR) is 96.9 cm³/mol. The summed E-state index contributed by atoms with van der Waals surface area (Å²) in [7, 11) is 0. The number of Topliss-reactive ketones (excluding diaryl/α,β-unsaturated/α-hetero) is 1. The zero-order valence-corrected chi connectivity index (χ0v) is 15.5. The van der Waals surface area contributed by atoms with Crippen LogP contribution in [0.2, 0.25) is 0 Å². The van der Waals surface area contributed by atoms with E-state index in [4.69, 9.17) is 0 Å². The normalized spacial score (nSPS) is 31.8. The highest BCUT2D eigenvalue weighted by Crippen LogP contribution is 2.69. The van der Waals surface area contributed by atoms with Gasteiger partial charge in [-0.1, -0.05) is 51.9 Å². The molecule has 0 aromatic heterocycles. The average molecular weight is 342 g/mol. The van der Waals surface area contributed by atoms with E-state index in [1.54, 1.807) is 0 Å². The molecule has 0 spiro atoms. The Hall–Kier alpha value is -2.17. The Morgan fingerprint density at radius 3 is 2.24 bits per heavy atom. The number of benzene rings is 1. The molecule has 2 saturated carbocycles. The number of nitrogens with zero attached hydrogens (tertiary/aromatic N) is 1. The third-order valence-corrected chi connectivity index (χ3v) is 6.89. The minimum absolute atomic E-state index is 0.133. The van der Waals surface area contributed by atoms with Crippen molar-refractivity contribution in [3.8, 4) is 0 Å². The van der Waals surface area contributed by atoms with E-state index in [1.807, 2.05) is 45.0 Å². The maximum Gasteiger partial charge on any atom is 0.239 e. The lowest BCUT2D eigenvalue weighted by Crippen LogP contribution is -2.47. The molecule has 0 aliphatic heterocycles. The Balaban J connectivity index is 1.95. The van der Waals surface area contributed by atoms with Crippen LogP contribution in [0.1, 0.15) is 58.9 Å². The minimum Gasteiger partial charge on any atom is -0.411 e. The quantitative estimate of drug-likeness (QED) is 0.495. The summed E-state index contributed by atoms with van der Waals surface area (Å²) >= 11 is 0. The van der Waals surface area contributed by atoms with Gasteiger partial charge >= 0.3 is 0 Å². The Kier molecular flexibility index (Phi) is 3.82. The van der Waals surface area contributed by atoms with E-state index < -0.39 is 16.2 Å². The molecule has 2 atom stereocenters. The summed E-state index contributed by atoms with van der Waals surface area (Å²) in [5, 5.41) is 15.6. The van der Waals surface area contributed by atoms with Crippen molar-refractivity contribution in [1.29, 1.82) is 0 Å². The van der Waals surface area contributed by atoms with Gasteiger partial charge in [0.15, 0.2) is 5.78 Å². The molecule has 134 valence electrons. The standard InChI is InChI=1S/C20H26N2O3/c1-12(2)13-6-8-14(9-7-13)21-17(24)20-11-10-19(5,18(20,3)4)15(22-25)16(20)23/h6-9,12,25H,10-11H2,1-5H3,(H,21,24)/b22-15+. The number of nitrogens with one attached hydrogen (secondary N) is 1. The maximum absolute atomic E-state index is 13.2. The van der Waals surface area contributed by atoms with Gasteiger partial charge in [-0.2, -0.15) is 0 Å². The summed E-state index contributed by atoms with van der Waals surface area (Å²) in [6.45, 7) is 10.00. The predicted octanol–water partition coefficient (Wildman–Crippen LogP) is 3.97. The Bertz CT molecular complexity index is 764. The molecule has 0 saturated heterocycles. The van der Waals surface area contributed by atoms with Crippen molar-refractivity contribution in [1.82, 2.24) is 0 Å². The van der Waals surface area contributed by atoms with Gasteiger partial charge in [0.1, 0.15) is 11.1 Å². The van der Waals surface area contributed by atoms with Gasteiger partial charge in [-0.15, -0.1) is 0 Å². The van der Waals surface area contributed by atoms with E-state index in [9.17, 15) is 14.8 Å². The largest absolute Gasteiger partial charge is 0.411 e. The molecule has 2 bridgehead atoms. The van der Waals surface area contributed by atoms with Crippen molar-refractivity contribution in [3.63, 3.8) is 0 Å². The van der Waals surface area contributed by atoms with E-state index in [1.165, 1.54) is 5.56 Å². The first kappa shape index (κ1) is 17.6. The number of fused-ring (bicyclic) bond motifs is 2. The third-order valence-electron chi connectivity index (χ3n) is 6.89. The summed E-state index contributed by atoms with van der Waals surface area (Å²) in [6, 6.07) is 7.70. The van der Waals surface area contributed by atoms with Crippen LogP contribution in [0.25, 0.3) is 0 Å². The number of carbonyl (C=O) groups excluding carboxylic acids is 2. The van der Waals surface area contributed by atoms with Crippen LogP contribution in [-0.4, -0.2) is 22.6 Å². The second-order valence-electron chi connectivity index (χ2n) is 8.37. The van der Waals surface area contributed by atoms with Crippen molar-refractivity contribution in [3.05, 3.63) is 29.8 Å². The Morgan fingerprint density at radius 2 is 1.76 bits per heavy atom. The number of oxime groups is 1. The van der Waals surface area contributed by atoms with Crippen molar-refractivity contribution >= 4 is 23.1 Å². The smallest absolute Gasteiger partial charge is 0.239 e. The van der Waals surface area contributed by atoms with Crippen LogP contribution in [0.3, 0.4) is 0 Å². The van der Waals surface area contributed by atoms with Gasteiger partial charge in [0.25, 0.3) is 0 Å². The average Bonchev–Trinajstić information content (AvgIpc) is 2.83. The van der Waals surface area contributed by atoms with Crippen LogP contribution in [0.5, 0.6) is 0 Å². The van der Waals surface area contributed by atoms with Crippen LogP contribution in [0.15, 0.2) is 29.4 Å². The van der Waals surface area contributed by atoms with Gasteiger partial charge in [-0.25, -0.2) is 0 Å². The fourth-order valence-electron chi connectivity index (χ4n) is 4.64. The second-order valence-corrected chi connectivity index (χ2v) is 8.37. The number of ketones is 1. The fourth-order valence-corrected chi connectivity index (χ4v) is 4.64. The zero-order chi connectivity index (χ0) is 18.6. The molecule has 1 amide bonds. The van der Waals surface area contributed by atoms with Gasteiger partial charge < -0.3 is 10.5 Å². The van der Waals surface area contributed by atoms with Gasteiger partial charge in [0.2, 0.25) is 5.91 Å². The number of rotatable bonds is 3. The molecule has 2 unspecified atom stereocenters. The van der Waals surface area contributed by atoms with Gasteiger partial charge in [0, 0.05) is 11.1 Å². The monoisotopic (exact) mass is 342 g/mol. The molecular weight excluding hydrogens is 316 g/mol. The summed E-state index contributed by atoms with van der Waals surface area (Å²) in [5.41, 5.74) is -0.376. The molecule has 0 heterocycles. The maximum atomic E-state index is 13.2. The molecular formula is C20H26N2O3. The summed E-state index contributed by atoms with van der Waals surface area (Å²) in [5.74, 6) is -0.232. The molecule has 3 rings (SSSR count). The van der Waals surface area contributed by atoms with Crippen LogP contribution in [0, 0.1) is 16.2 Å². The molecule has 5 heteroatoms. The first-order chi connectivity index (χ1) is 11.6. The van der Waals surface area contributed by atoms with Crippen LogP contribution >= 0.6 is 0 Å². The summed E-state index contributed by atoms with van der Waals surface area (Å²) in [4.78, 5) is 26.1. The van der Waals surface area contributed by atoms with E-state index >= 15 is 0 Å². The number of hydrogen-bond donors (Lipinski definition) is 2. The van der Waals surface area contributed by atoms with Crippen molar-refractivity contribution in [2.24, 2.45) is 21.4 Å². The lowest BCUT2D eigenvalue weighted by atomic mass is 9.64. The lowest BCUT2D eigenvalue weighted by molar-refractivity contribution is -0.140. The van der Waals surface area contributed by atoms with Gasteiger partial charge in [0.05, 0.1) is 0 Å². The lowest BCUT2D eigenvalue weighted by Gasteiger charge is -2.37. The van der Waals surface area contributed by atoms with Crippen LogP contribution in [-0.2, 0) is 9.59 Å². The molecule has 25 heavy (non-hydrogen) atoms. The fraction of sp³-hybridized carbons (Fsp3) is 0.550. The molecule has 1 aromatic carbocycles. The molecule has 2 fully saturated rings. The molecule has 2 N–H and O–H groups in total. The molecule has 2 aliphatic carbocycles. The minimum atomic E-state index is -1.18.